The van der Waals surface area contributed by atoms with E-state index < -0.39 is 23.4 Å². The summed E-state index contributed by atoms with van der Waals surface area (Å²) >= 11 is 0. The van der Waals surface area contributed by atoms with Gasteiger partial charge in [-0.25, -0.2) is 8.78 Å². The van der Waals surface area contributed by atoms with Gasteiger partial charge in [0.1, 0.15) is 17.0 Å². The van der Waals surface area contributed by atoms with Gasteiger partial charge in [-0.1, -0.05) is 13.0 Å². The Labute approximate surface area is 167 Å². The van der Waals surface area contributed by atoms with E-state index >= 15 is 0 Å². The van der Waals surface area contributed by atoms with Crippen molar-refractivity contribution in [3.63, 3.8) is 0 Å². The molecule has 0 saturated carbocycles. The Morgan fingerprint density at radius 1 is 1.10 bits per heavy atom. The van der Waals surface area contributed by atoms with E-state index in [4.69, 9.17) is 20.9 Å². The van der Waals surface area contributed by atoms with Crippen LogP contribution in [0.15, 0.2) is 54.7 Å². The van der Waals surface area contributed by atoms with Crippen molar-refractivity contribution in [2.45, 2.75) is 25.1 Å². The number of hydrogen-bond acceptors (Lipinski definition) is 5. The lowest BCUT2D eigenvalue weighted by molar-refractivity contribution is 0.177. The second-order valence-electron chi connectivity index (χ2n) is 6.95. The second-order valence-corrected chi connectivity index (χ2v) is 6.95. The zero-order chi connectivity index (χ0) is 20.6. The minimum atomic E-state index is -1.34. The predicted molar refractivity (Wildman–Crippen MR) is 105 cm³/mol. The molecular weight excluding hydrogens is 376 g/mol. The molecule has 2 heterocycles. The van der Waals surface area contributed by atoms with Crippen molar-refractivity contribution in [2.75, 3.05) is 6.61 Å². The molecule has 4 N–H and O–H groups in total. The number of pyridine rings is 1. The summed E-state index contributed by atoms with van der Waals surface area (Å²) in [6, 6.07) is 12.6. The Kier molecular flexibility index (Phi) is 4.94. The minimum Gasteiger partial charge on any atom is -0.494 e. The van der Waals surface area contributed by atoms with Crippen LogP contribution in [-0.2, 0) is 5.54 Å². The van der Waals surface area contributed by atoms with E-state index in [1.54, 1.807) is 12.3 Å². The molecule has 0 amide bonds. The van der Waals surface area contributed by atoms with Gasteiger partial charge in [-0.05, 0) is 54.4 Å². The highest BCUT2D eigenvalue weighted by atomic mass is 19.2. The fourth-order valence-corrected chi connectivity index (χ4v) is 3.47. The first-order valence-electron chi connectivity index (χ1n) is 9.34. The first kappa shape index (κ1) is 19.3. The minimum absolute atomic E-state index is 0.322. The maximum absolute atomic E-state index is 13.8. The Balaban J connectivity index is 1.76. The molecule has 0 radical (unpaired) electrons. The largest absolute Gasteiger partial charge is 0.494 e. The standard InChI is InChI=1S/C22H21F2N3O2/c1-2-11-28-15-6-3-13(4-7-15)19-20-16(9-10-27-19)22(26,21(25)29-20)14-5-8-17(23)18(24)12-14/h3-10,12,21H,2,11,25-26H2,1H3. The van der Waals surface area contributed by atoms with Crippen LogP contribution in [0.4, 0.5) is 8.78 Å². The van der Waals surface area contributed by atoms with Gasteiger partial charge in [0.05, 0.1) is 6.61 Å². The molecule has 4 rings (SSSR count). The van der Waals surface area contributed by atoms with Crippen LogP contribution < -0.4 is 20.9 Å². The maximum atomic E-state index is 13.8. The molecule has 0 fully saturated rings. The smallest absolute Gasteiger partial charge is 0.174 e. The summed E-state index contributed by atoms with van der Waals surface area (Å²) < 4.78 is 38.7. The number of ether oxygens (including phenoxy) is 2. The number of halogens is 2. The van der Waals surface area contributed by atoms with Gasteiger partial charge in [0, 0.05) is 17.3 Å². The molecule has 0 aliphatic carbocycles. The fourth-order valence-electron chi connectivity index (χ4n) is 3.47. The van der Waals surface area contributed by atoms with Crippen LogP contribution >= 0.6 is 0 Å². The van der Waals surface area contributed by atoms with E-state index in [1.807, 2.05) is 31.2 Å². The molecular formula is C22H21F2N3O2. The number of aromatic nitrogens is 1. The van der Waals surface area contributed by atoms with Crippen LogP contribution in [0.25, 0.3) is 11.3 Å². The van der Waals surface area contributed by atoms with Gasteiger partial charge < -0.3 is 15.2 Å². The zero-order valence-corrected chi connectivity index (χ0v) is 15.9. The van der Waals surface area contributed by atoms with Crippen molar-refractivity contribution in [3.8, 4) is 22.8 Å². The summed E-state index contributed by atoms with van der Waals surface area (Å²) in [5, 5.41) is 0. The molecule has 0 spiro atoms. The van der Waals surface area contributed by atoms with Crippen molar-refractivity contribution >= 4 is 0 Å². The van der Waals surface area contributed by atoms with Crippen molar-refractivity contribution in [3.05, 3.63) is 77.5 Å². The van der Waals surface area contributed by atoms with Gasteiger partial charge in [-0.3, -0.25) is 10.7 Å². The van der Waals surface area contributed by atoms with Crippen molar-refractivity contribution in [2.24, 2.45) is 11.5 Å². The molecule has 2 unspecified atom stereocenters. The summed E-state index contributed by atoms with van der Waals surface area (Å²) in [7, 11) is 0. The van der Waals surface area contributed by atoms with Crippen LogP contribution in [0.2, 0.25) is 0 Å². The summed E-state index contributed by atoms with van der Waals surface area (Å²) in [5.74, 6) is -0.763. The average Bonchev–Trinajstić information content (AvgIpc) is 3.00. The third-order valence-electron chi connectivity index (χ3n) is 5.04. The Morgan fingerprint density at radius 2 is 1.86 bits per heavy atom. The normalized spacial score (nSPS) is 20.2. The SMILES string of the molecule is CCCOc1ccc(-c2nccc3c2OC(N)C3(N)c2ccc(F)c(F)c2)cc1. The predicted octanol–water partition coefficient (Wildman–Crippen LogP) is 3.70. The first-order chi connectivity index (χ1) is 13.9. The number of benzene rings is 2. The van der Waals surface area contributed by atoms with Gasteiger partial charge in [0.2, 0.25) is 0 Å². The fraction of sp³-hybridized carbons (Fsp3) is 0.227. The van der Waals surface area contributed by atoms with Crippen LogP contribution in [0, 0.1) is 11.6 Å². The second kappa shape index (κ2) is 7.42. The van der Waals surface area contributed by atoms with Crippen molar-refractivity contribution < 1.29 is 18.3 Å². The quantitative estimate of drug-likeness (QED) is 0.686. The monoisotopic (exact) mass is 397 g/mol. The molecule has 1 aromatic heterocycles. The summed E-state index contributed by atoms with van der Waals surface area (Å²) in [6.07, 6.45) is 1.53. The number of nitrogens with two attached hydrogens (primary N) is 2. The van der Waals surface area contributed by atoms with Crippen LogP contribution in [0.5, 0.6) is 11.5 Å². The third kappa shape index (κ3) is 3.22. The lowest BCUT2D eigenvalue weighted by atomic mass is 9.83. The third-order valence-corrected chi connectivity index (χ3v) is 5.04. The van der Waals surface area contributed by atoms with Gasteiger partial charge >= 0.3 is 0 Å². The average molecular weight is 397 g/mol. The van der Waals surface area contributed by atoms with E-state index in [-0.39, 0.29) is 0 Å². The van der Waals surface area contributed by atoms with Crippen LogP contribution in [-0.4, -0.2) is 17.8 Å². The van der Waals surface area contributed by atoms with Gasteiger partial charge in [0.15, 0.2) is 23.6 Å². The van der Waals surface area contributed by atoms with E-state index in [1.165, 1.54) is 6.07 Å². The Hall–Kier alpha value is -3.03. The maximum Gasteiger partial charge on any atom is 0.174 e. The number of nitrogens with zero attached hydrogens (tertiary/aromatic N) is 1. The van der Waals surface area contributed by atoms with Gasteiger partial charge in [-0.15, -0.1) is 0 Å². The molecule has 5 nitrogen and oxygen atoms in total. The summed E-state index contributed by atoms with van der Waals surface area (Å²) in [6.45, 7) is 2.68. The first-order valence-corrected chi connectivity index (χ1v) is 9.34. The molecule has 1 aliphatic rings. The highest BCUT2D eigenvalue weighted by Crippen LogP contribution is 2.46. The van der Waals surface area contributed by atoms with Crippen LogP contribution in [0.3, 0.4) is 0 Å². The summed E-state index contributed by atoms with van der Waals surface area (Å²) in [4.78, 5) is 4.43. The highest BCUT2D eigenvalue weighted by molar-refractivity contribution is 5.71. The Bertz CT molecular complexity index is 1040. The van der Waals surface area contributed by atoms with E-state index in [0.717, 1.165) is 29.9 Å². The topological polar surface area (TPSA) is 83.4 Å². The lowest BCUT2D eigenvalue weighted by Gasteiger charge is -2.28. The molecule has 150 valence electrons. The van der Waals surface area contributed by atoms with Gasteiger partial charge in [0.25, 0.3) is 0 Å². The van der Waals surface area contributed by atoms with Crippen molar-refractivity contribution in [1.82, 2.24) is 4.98 Å². The van der Waals surface area contributed by atoms with Gasteiger partial charge in [-0.2, -0.15) is 0 Å². The number of hydrogen-bond donors (Lipinski definition) is 2. The molecule has 7 heteroatoms. The highest BCUT2D eigenvalue weighted by Gasteiger charge is 2.47. The lowest BCUT2D eigenvalue weighted by Crippen LogP contribution is -2.52. The molecule has 3 aromatic rings. The van der Waals surface area contributed by atoms with E-state index in [9.17, 15) is 8.78 Å². The summed E-state index contributed by atoms with van der Waals surface area (Å²) in [5.41, 5.74) is 13.7. The number of rotatable bonds is 5. The Morgan fingerprint density at radius 3 is 2.55 bits per heavy atom. The van der Waals surface area contributed by atoms with Crippen LogP contribution in [0.1, 0.15) is 24.5 Å². The molecule has 29 heavy (non-hydrogen) atoms. The molecule has 2 aromatic carbocycles. The van der Waals surface area contributed by atoms with Crippen molar-refractivity contribution in [1.29, 1.82) is 0 Å². The van der Waals surface area contributed by atoms with E-state index in [2.05, 4.69) is 4.98 Å². The zero-order valence-electron chi connectivity index (χ0n) is 15.9. The number of fused-ring (bicyclic) bond motifs is 1. The molecule has 2 atom stereocenters. The molecule has 0 saturated heterocycles. The molecule has 0 bridgehead atoms. The molecule has 1 aliphatic heterocycles. The van der Waals surface area contributed by atoms with E-state index in [0.29, 0.717) is 29.2 Å².